The second kappa shape index (κ2) is 7.44. The normalized spacial score (nSPS) is 10.8. The first-order valence-electron chi connectivity index (χ1n) is 8.26. The molecule has 0 aliphatic rings. The van der Waals surface area contributed by atoms with E-state index in [4.69, 9.17) is 9.47 Å². The molecule has 4 rings (SSSR count). The van der Waals surface area contributed by atoms with E-state index in [0.717, 1.165) is 11.5 Å². The van der Waals surface area contributed by atoms with Crippen LogP contribution < -0.4 is 9.47 Å². The molecule has 0 radical (unpaired) electrons. The molecule has 0 saturated carbocycles. The smallest absolute Gasteiger partial charge is 0.118 e. The van der Waals surface area contributed by atoms with E-state index in [2.05, 4.69) is 48.5 Å². The molecular weight excluding hydrogens is 360 g/mol. The van der Waals surface area contributed by atoms with E-state index in [1.807, 2.05) is 35.6 Å². The van der Waals surface area contributed by atoms with Crippen molar-refractivity contribution in [1.29, 1.82) is 0 Å². The molecule has 0 atom stereocenters. The highest BCUT2D eigenvalue weighted by Crippen LogP contribution is 2.46. The van der Waals surface area contributed by atoms with Crippen LogP contribution in [-0.4, -0.2) is 14.2 Å². The van der Waals surface area contributed by atoms with Crippen molar-refractivity contribution in [2.24, 2.45) is 0 Å². The third kappa shape index (κ3) is 3.30. The van der Waals surface area contributed by atoms with Crippen LogP contribution >= 0.6 is 23.1 Å². The quantitative estimate of drug-likeness (QED) is 0.383. The number of ether oxygens (including phenoxy) is 2. The molecule has 2 nitrogen and oxygen atoms in total. The molecule has 26 heavy (non-hydrogen) atoms. The molecule has 0 aliphatic carbocycles. The van der Waals surface area contributed by atoms with E-state index in [1.165, 1.54) is 30.3 Å². The Morgan fingerprint density at radius 1 is 0.731 bits per heavy atom. The van der Waals surface area contributed by atoms with E-state index in [9.17, 15) is 0 Å². The van der Waals surface area contributed by atoms with Gasteiger partial charge in [0.25, 0.3) is 0 Å². The van der Waals surface area contributed by atoms with Crippen molar-refractivity contribution in [2.75, 3.05) is 14.2 Å². The Morgan fingerprint density at radius 2 is 1.35 bits per heavy atom. The maximum absolute atomic E-state index is 5.30. The fourth-order valence-corrected chi connectivity index (χ4v) is 5.24. The lowest BCUT2D eigenvalue weighted by molar-refractivity contribution is 0.414. The molecule has 3 aromatic carbocycles. The second-order valence-corrected chi connectivity index (χ2v) is 7.90. The lowest BCUT2D eigenvalue weighted by Gasteiger charge is -2.07. The number of thiophene rings is 1. The van der Waals surface area contributed by atoms with Gasteiger partial charge in [-0.2, -0.15) is 0 Å². The van der Waals surface area contributed by atoms with E-state index >= 15 is 0 Å². The number of rotatable bonds is 5. The number of methoxy groups -OCH3 is 2. The zero-order valence-corrected chi connectivity index (χ0v) is 16.2. The monoisotopic (exact) mass is 378 g/mol. The van der Waals surface area contributed by atoms with Crippen LogP contribution in [0.2, 0.25) is 0 Å². The predicted octanol–water partition coefficient (Wildman–Crippen LogP) is 6.74. The minimum atomic E-state index is 0.874. The maximum atomic E-state index is 5.30. The molecule has 0 bridgehead atoms. The van der Waals surface area contributed by atoms with Gasteiger partial charge in [0.1, 0.15) is 11.5 Å². The van der Waals surface area contributed by atoms with Crippen molar-refractivity contribution in [3.05, 3.63) is 72.8 Å². The van der Waals surface area contributed by atoms with Gasteiger partial charge in [0, 0.05) is 24.8 Å². The van der Waals surface area contributed by atoms with E-state index in [1.54, 1.807) is 26.0 Å². The summed E-state index contributed by atoms with van der Waals surface area (Å²) in [5, 5.41) is 1.30. The first kappa shape index (κ1) is 17.0. The van der Waals surface area contributed by atoms with Crippen LogP contribution in [0.5, 0.6) is 11.5 Å². The van der Waals surface area contributed by atoms with Gasteiger partial charge in [0.15, 0.2) is 0 Å². The minimum Gasteiger partial charge on any atom is -0.497 e. The molecule has 0 N–H and O–H groups in total. The van der Waals surface area contributed by atoms with Crippen molar-refractivity contribution in [1.82, 2.24) is 0 Å². The van der Waals surface area contributed by atoms with Gasteiger partial charge in [-0.3, -0.25) is 0 Å². The summed E-state index contributed by atoms with van der Waals surface area (Å²) < 4.78 is 11.9. The van der Waals surface area contributed by atoms with Crippen LogP contribution in [0.3, 0.4) is 0 Å². The SMILES string of the molecule is COc1ccc(Sc2c(-c3ccc(OC)cc3)sc3ccccc23)cc1. The Hall–Kier alpha value is -2.43. The zero-order valence-electron chi connectivity index (χ0n) is 14.6. The topological polar surface area (TPSA) is 18.5 Å². The third-order valence-corrected chi connectivity index (χ3v) is 6.67. The Bertz CT molecular complexity index is 1020. The van der Waals surface area contributed by atoms with Gasteiger partial charge in [0.2, 0.25) is 0 Å². The molecule has 130 valence electrons. The standard InChI is InChI=1S/C22H18O2S2/c1-23-16-9-7-15(8-10-16)21-22(19-5-3-4-6-20(19)26-21)25-18-13-11-17(24-2)12-14-18/h3-14H,1-2H3. The molecule has 4 aromatic rings. The fourth-order valence-electron chi connectivity index (χ4n) is 2.82. The summed E-state index contributed by atoms with van der Waals surface area (Å²) in [4.78, 5) is 3.78. The van der Waals surface area contributed by atoms with Crippen LogP contribution in [0.4, 0.5) is 0 Å². The Labute approximate surface area is 161 Å². The van der Waals surface area contributed by atoms with Crippen molar-refractivity contribution in [3.63, 3.8) is 0 Å². The highest BCUT2D eigenvalue weighted by molar-refractivity contribution is 8.00. The minimum absolute atomic E-state index is 0.874. The first-order chi connectivity index (χ1) is 12.8. The summed E-state index contributed by atoms with van der Waals surface area (Å²) in [7, 11) is 3.38. The van der Waals surface area contributed by atoms with Crippen LogP contribution in [-0.2, 0) is 0 Å². The molecule has 1 heterocycles. The summed E-state index contributed by atoms with van der Waals surface area (Å²) in [5.74, 6) is 1.75. The van der Waals surface area contributed by atoms with Crippen molar-refractivity contribution < 1.29 is 9.47 Å². The van der Waals surface area contributed by atoms with Crippen molar-refractivity contribution >= 4 is 33.2 Å². The Morgan fingerprint density at radius 3 is 2.00 bits per heavy atom. The molecule has 4 heteroatoms. The van der Waals surface area contributed by atoms with Gasteiger partial charge in [-0.05, 0) is 60.2 Å². The zero-order chi connectivity index (χ0) is 17.9. The molecule has 0 spiro atoms. The van der Waals surface area contributed by atoms with E-state index < -0.39 is 0 Å². The van der Waals surface area contributed by atoms with Gasteiger partial charge in [-0.25, -0.2) is 0 Å². The van der Waals surface area contributed by atoms with Gasteiger partial charge >= 0.3 is 0 Å². The average Bonchev–Trinajstić information content (AvgIpc) is 3.07. The van der Waals surface area contributed by atoms with Crippen LogP contribution in [0.25, 0.3) is 20.5 Å². The largest absolute Gasteiger partial charge is 0.497 e. The van der Waals surface area contributed by atoms with Crippen molar-refractivity contribution in [3.8, 4) is 21.9 Å². The summed E-state index contributed by atoms with van der Waals surface area (Å²) in [6, 6.07) is 25.1. The first-order valence-corrected chi connectivity index (χ1v) is 9.89. The summed E-state index contributed by atoms with van der Waals surface area (Å²) >= 11 is 3.63. The lowest BCUT2D eigenvalue weighted by Crippen LogP contribution is -1.83. The predicted molar refractivity (Wildman–Crippen MR) is 111 cm³/mol. The van der Waals surface area contributed by atoms with Gasteiger partial charge < -0.3 is 9.47 Å². The van der Waals surface area contributed by atoms with E-state index in [-0.39, 0.29) is 0 Å². The van der Waals surface area contributed by atoms with Crippen LogP contribution in [0, 0.1) is 0 Å². The Kier molecular flexibility index (Phi) is 4.87. The highest BCUT2D eigenvalue weighted by atomic mass is 32.2. The summed E-state index contributed by atoms with van der Waals surface area (Å²) in [5.41, 5.74) is 1.21. The Balaban J connectivity index is 1.80. The molecule has 0 aliphatic heterocycles. The van der Waals surface area contributed by atoms with Crippen LogP contribution in [0.15, 0.2) is 82.6 Å². The average molecular weight is 379 g/mol. The molecule has 0 unspecified atom stereocenters. The molecule has 0 fully saturated rings. The van der Waals surface area contributed by atoms with Crippen molar-refractivity contribution in [2.45, 2.75) is 9.79 Å². The molecule has 1 aromatic heterocycles. The summed E-state index contributed by atoms with van der Waals surface area (Å²) in [6.07, 6.45) is 0. The highest BCUT2D eigenvalue weighted by Gasteiger charge is 2.15. The second-order valence-electron chi connectivity index (χ2n) is 5.76. The van der Waals surface area contributed by atoms with E-state index in [0.29, 0.717) is 0 Å². The summed E-state index contributed by atoms with van der Waals surface area (Å²) in [6.45, 7) is 0. The van der Waals surface area contributed by atoms with Gasteiger partial charge in [0.05, 0.1) is 14.2 Å². The van der Waals surface area contributed by atoms with Crippen LogP contribution in [0.1, 0.15) is 0 Å². The van der Waals surface area contributed by atoms with Gasteiger partial charge in [-0.15, -0.1) is 11.3 Å². The fraction of sp³-hybridized carbons (Fsp3) is 0.0909. The molecule has 0 amide bonds. The third-order valence-electron chi connectivity index (χ3n) is 4.18. The lowest BCUT2D eigenvalue weighted by atomic mass is 10.1. The molecule has 0 saturated heterocycles. The number of hydrogen-bond donors (Lipinski definition) is 0. The number of fused-ring (bicyclic) bond motifs is 1. The molecular formula is C22H18O2S2. The number of hydrogen-bond acceptors (Lipinski definition) is 4. The maximum Gasteiger partial charge on any atom is 0.118 e. The van der Waals surface area contributed by atoms with Gasteiger partial charge in [-0.1, -0.05) is 30.0 Å². The number of benzene rings is 3.